The Morgan fingerprint density at radius 3 is 1.92 bits per heavy atom. The van der Waals surface area contributed by atoms with E-state index >= 15 is 0 Å². The Morgan fingerprint density at radius 1 is 0.846 bits per heavy atom. The largest absolute Gasteiger partial charge is 0.481 e. The number of halogens is 10. The van der Waals surface area contributed by atoms with Gasteiger partial charge in [0.2, 0.25) is 5.95 Å². The lowest BCUT2D eigenvalue weighted by atomic mass is 9.93. The van der Waals surface area contributed by atoms with E-state index in [1.807, 2.05) is 24.8 Å². The molecule has 1 aliphatic rings. The van der Waals surface area contributed by atoms with Gasteiger partial charge in [-0.1, -0.05) is 49.7 Å². The maximum atomic E-state index is 14.1. The number of carboxylic acid groups (broad SMARTS) is 1. The molecule has 0 radical (unpaired) electrons. The van der Waals surface area contributed by atoms with Crippen LogP contribution in [0.1, 0.15) is 66.0 Å². The van der Waals surface area contributed by atoms with Crippen molar-refractivity contribution in [1.82, 2.24) is 9.97 Å². The van der Waals surface area contributed by atoms with Gasteiger partial charge >= 0.3 is 24.5 Å². The van der Waals surface area contributed by atoms with Crippen LogP contribution in [0.5, 0.6) is 0 Å². The van der Waals surface area contributed by atoms with E-state index in [2.05, 4.69) is 9.97 Å². The monoisotopic (exact) mass is 758 g/mol. The molecule has 2 heterocycles. The Bertz CT molecular complexity index is 1870. The van der Waals surface area contributed by atoms with Gasteiger partial charge in [0.15, 0.2) is 0 Å². The van der Waals surface area contributed by atoms with E-state index in [4.69, 9.17) is 11.6 Å². The first kappa shape index (κ1) is 38.7. The zero-order valence-electron chi connectivity index (χ0n) is 27.7. The predicted octanol–water partition coefficient (Wildman–Crippen LogP) is 10.5. The van der Waals surface area contributed by atoms with Crippen molar-refractivity contribution < 1.29 is 49.4 Å². The highest BCUT2D eigenvalue weighted by atomic mass is 35.5. The number of anilines is 2. The summed E-state index contributed by atoms with van der Waals surface area (Å²) in [6, 6.07) is 9.55. The smallest absolute Gasteiger partial charge is 0.416 e. The molecule has 3 aromatic carbocycles. The maximum absolute atomic E-state index is 14.1. The maximum Gasteiger partial charge on any atom is 0.416 e. The summed E-state index contributed by atoms with van der Waals surface area (Å²) in [4.78, 5) is 23.0. The van der Waals surface area contributed by atoms with Gasteiger partial charge in [-0.25, -0.2) is 9.97 Å². The van der Waals surface area contributed by atoms with Crippen molar-refractivity contribution in [2.45, 2.75) is 64.2 Å². The normalized spacial score (nSPS) is 14.6. The molecule has 0 bridgehead atoms. The lowest BCUT2D eigenvalue weighted by Gasteiger charge is -2.32. The minimum absolute atomic E-state index is 0.0148. The third-order valence-corrected chi connectivity index (χ3v) is 9.14. The summed E-state index contributed by atoms with van der Waals surface area (Å²) >= 11 is 6.53. The third-order valence-electron chi connectivity index (χ3n) is 8.84. The van der Waals surface area contributed by atoms with Gasteiger partial charge in [0.05, 0.1) is 40.7 Å². The van der Waals surface area contributed by atoms with Gasteiger partial charge in [-0.2, -0.15) is 39.5 Å². The van der Waals surface area contributed by atoms with Crippen LogP contribution >= 0.6 is 11.6 Å². The molecule has 0 aliphatic carbocycles. The van der Waals surface area contributed by atoms with E-state index in [-0.39, 0.29) is 34.1 Å². The number of alkyl halides is 9. The molecule has 0 unspecified atom stereocenters. The van der Waals surface area contributed by atoms with E-state index in [0.29, 0.717) is 49.3 Å². The van der Waals surface area contributed by atoms with Crippen LogP contribution in [-0.2, 0) is 36.4 Å². The van der Waals surface area contributed by atoms with E-state index in [9.17, 15) is 49.4 Å². The molecule has 4 aromatic rings. The molecule has 1 aliphatic heterocycles. The van der Waals surface area contributed by atoms with Gasteiger partial charge in [0.25, 0.3) is 0 Å². The summed E-state index contributed by atoms with van der Waals surface area (Å²) in [5, 5.41) is 9.05. The minimum Gasteiger partial charge on any atom is -0.481 e. The van der Waals surface area contributed by atoms with Crippen LogP contribution in [0.25, 0.3) is 11.1 Å². The number of aliphatic carboxylic acids is 1. The zero-order valence-corrected chi connectivity index (χ0v) is 28.4. The van der Waals surface area contributed by atoms with Crippen molar-refractivity contribution in [2.24, 2.45) is 5.92 Å². The van der Waals surface area contributed by atoms with Crippen LogP contribution in [0.15, 0.2) is 67.0 Å². The minimum atomic E-state index is -5.14. The molecule has 0 atom stereocenters. The number of piperidine rings is 1. The van der Waals surface area contributed by atoms with Gasteiger partial charge in [-0.3, -0.25) is 4.79 Å². The molecule has 16 heteroatoms. The molecule has 278 valence electrons. The Morgan fingerprint density at radius 2 is 1.40 bits per heavy atom. The van der Waals surface area contributed by atoms with Crippen LogP contribution in [0.3, 0.4) is 0 Å². The number of benzene rings is 3. The van der Waals surface area contributed by atoms with Gasteiger partial charge in [0.1, 0.15) is 0 Å². The number of hydrogen-bond donors (Lipinski definition) is 1. The second-order valence-electron chi connectivity index (χ2n) is 12.9. The molecule has 0 amide bonds. The highest BCUT2D eigenvalue weighted by Gasteiger charge is 2.37. The van der Waals surface area contributed by atoms with Gasteiger partial charge < -0.3 is 14.9 Å². The number of nitrogens with zero attached hydrogens (tertiary/aromatic N) is 4. The Balaban J connectivity index is 1.63. The number of rotatable bonds is 9. The first-order chi connectivity index (χ1) is 24.2. The number of hydrogen-bond acceptors (Lipinski definition) is 5. The molecular formula is C36H32ClF9N4O2. The zero-order chi connectivity index (χ0) is 38.2. The van der Waals surface area contributed by atoms with Crippen molar-refractivity contribution in [3.8, 4) is 11.1 Å². The molecule has 0 saturated carbocycles. The molecule has 52 heavy (non-hydrogen) atoms. The Labute approximate surface area is 297 Å². The van der Waals surface area contributed by atoms with Crippen LogP contribution in [0, 0.1) is 5.92 Å². The molecule has 1 fully saturated rings. The first-order valence-electron chi connectivity index (χ1n) is 16.0. The standard InChI is InChI=1S/C36H32ClF9N4O2/c1-20(2)23-4-3-5-24(12-23)31-25(13-28(15-30(31)37)36(44,45)46)19-50(18-21-10-26(34(38,39)40)14-27(11-21)35(41,42)43)33-47-16-29(17-48-33)49-8-6-22(7-9-49)32(51)52/h3-5,10-17,20,22H,6-9,18-19H2,1-2H3,(H,51,52). The highest BCUT2D eigenvalue weighted by Crippen LogP contribution is 2.41. The van der Waals surface area contributed by atoms with Gasteiger partial charge in [-0.15, -0.1) is 0 Å². The van der Waals surface area contributed by atoms with Crippen molar-refractivity contribution >= 4 is 29.2 Å². The second-order valence-corrected chi connectivity index (χ2v) is 13.3. The summed E-state index contributed by atoms with van der Waals surface area (Å²) in [5.41, 5.74) is -2.79. The SMILES string of the molecule is CC(C)c1cccc(-c2c(Cl)cc(C(F)(F)F)cc2CN(Cc2cc(C(F)(F)F)cc(C(F)(F)F)c2)c2ncc(N3CCC(C(=O)O)CC3)cn2)c1. The van der Waals surface area contributed by atoms with E-state index in [1.165, 1.54) is 17.3 Å². The third kappa shape index (κ3) is 9.09. The molecule has 1 N–H and O–H groups in total. The summed E-state index contributed by atoms with van der Waals surface area (Å²) in [6.07, 6.45) is -11.7. The molecule has 0 spiro atoms. The highest BCUT2D eigenvalue weighted by molar-refractivity contribution is 6.33. The molecule has 1 saturated heterocycles. The van der Waals surface area contributed by atoms with Crippen molar-refractivity contribution in [1.29, 1.82) is 0 Å². The molecular weight excluding hydrogens is 727 g/mol. The fraction of sp³-hybridized carbons (Fsp3) is 0.361. The lowest BCUT2D eigenvalue weighted by molar-refractivity contribution is -0.144. The van der Waals surface area contributed by atoms with E-state index < -0.39 is 65.8 Å². The van der Waals surface area contributed by atoms with E-state index in [0.717, 1.165) is 17.7 Å². The van der Waals surface area contributed by atoms with Crippen LogP contribution < -0.4 is 9.80 Å². The van der Waals surface area contributed by atoms with E-state index in [1.54, 1.807) is 18.2 Å². The molecule has 6 nitrogen and oxygen atoms in total. The van der Waals surface area contributed by atoms with Crippen LogP contribution in [0.4, 0.5) is 51.1 Å². The summed E-state index contributed by atoms with van der Waals surface area (Å²) in [6.45, 7) is 3.36. The fourth-order valence-electron chi connectivity index (χ4n) is 6.09. The number of carboxylic acids is 1. The number of aromatic nitrogens is 2. The van der Waals surface area contributed by atoms with Crippen molar-refractivity contribution in [2.75, 3.05) is 22.9 Å². The quantitative estimate of drug-likeness (QED) is 0.171. The van der Waals surface area contributed by atoms with Crippen molar-refractivity contribution in [3.05, 3.63) is 105 Å². The lowest BCUT2D eigenvalue weighted by Crippen LogP contribution is -2.36. The molecule has 1 aromatic heterocycles. The fourth-order valence-corrected chi connectivity index (χ4v) is 6.44. The predicted molar refractivity (Wildman–Crippen MR) is 177 cm³/mol. The van der Waals surface area contributed by atoms with Gasteiger partial charge in [0, 0.05) is 36.8 Å². The van der Waals surface area contributed by atoms with Crippen molar-refractivity contribution in [3.63, 3.8) is 0 Å². The summed E-state index contributed by atoms with van der Waals surface area (Å²) in [5.74, 6) is -1.63. The van der Waals surface area contributed by atoms with Gasteiger partial charge in [-0.05, 0) is 71.3 Å². The number of carbonyl (C=O) groups is 1. The topological polar surface area (TPSA) is 69.6 Å². The Kier molecular flexibility index (Phi) is 11.0. The Hall–Kier alpha value is -4.53. The second kappa shape index (κ2) is 14.8. The van der Waals surface area contributed by atoms with Crippen LogP contribution in [0.2, 0.25) is 5.02 Å². The average molecular weight is 759 g/mol. The average Bonchev–Trinajstić information content (AvgIpc) is 3.06. The molecule has 5 rings (SSSR count). The summed E-state index contributed by atoms with van der Waals surface area (Å²) in [7, 11) is 0. The summed E-state index contributed by atoms with van der Waals surface area (Å²) < 4.78 is 125. The van der Waals surface area contributed by atoms with Crippen LogP contribution in [-0.4, -0.2) is 34.1 Å². The first-order valence-corrected chi connectivity index (χ1v) is 16.4.